The van der Waals surface area contributed by atoms with Crippen LogP contribution in [0, 0.1) is 11.3 Å². The number of hydrogen-bond donors (Lipinski definition) is 0. The van der Waals surface area contributed by atoms with Crippen molar-refractivity contribution in [1.82, 2.24) is 4.98 Å². The van der Waals surface area contributed by atoms with Crippen molar-refractivity contribution in [1.29, 1.82) is 5.26 Å². The van der Waals surface area contributed by atoms with Gasteiger partial charge in [0.05, 0.1) is 11.8 Å². The number of benzene rings is 1. The fraction of sp³-hybridized carbons (Fsp3) is 0. The van der Waals surface area contributed by atoms with Gasteiger partial charge in [0.15, 0.2) is 0 Å². The van der Waals surface area contributed by atoms with Crippen LogP contribution in [0.15, 0.2) is 49.7 Å². The molecule has 15 heavy (non-hydrogen) atoms. The molecule has 3 nitrogen and oxygen atoms in total. The highest BCUT2D eigenvalue weighted by Crippen LogP contribution is 2.31. The zero-order valence-corrected chi connectivity index (χ0v) is 9.88. The first-order valence-electron chi connectivity index (χ1n) is 4.06. The van der Waals surface area contributed by atoms with E-state index >= 15 is 0 Å². The first kappa shape index (κ1) is 10.3. The van der Waals surface area contributed by atoms with Gasteiger partial charge < -0.3 is 4.42 Å². The molecule has 1 aromatic carbocycles. The smallest absolute Gasteiger partial charge is 0.260 e. The first-order chi connectivity index (χ1) is 7.29. The highest BCUT2D eigenvalue weighted by Gasteiger charge is 2.07. The van der Waals surface area contributed by atoms with Gasteiger partial charge >= 0.3 is 0 Å². The van der Waals surface area contributed by atoms with E-state index in [1.54, 1.807) is 12.3 Å². The number of oxazole rings is 1. The summed E-state index contributed by atoms with van der Waals surface area (Å²) in [5, 5.41) is 9.44. The van der Waals surface area contributed by atoms with Crippen LogP contribution in [0.25, 0.3) is 0 Å². The Morgan fingerprint density at radius 1 is 1.47 bits per heavy atom. The lowest BCUT2D eigenvalue weighted by Gasteiger charge is -2.00. The lowest BCUT2D eigenvalue weighted by Crippen LogP contribution is -1.81. The van der Waals surface area contributed by atoms with Crippen molar-refractivity contribution in [2.75, 3.05) is 0 Å². The van der Waals surface area contributed by atoms with E-state index < -0.39 is 0 Å². The predicted octanol–water partition coefficient (Wildman–Crippen LogP) is 3.46. The van der Waals surface area contributed by atoms with Gasteiger partial charge in [0.2, 0.25) is 0 Å². The second-order valence-electron chi connectivity index (χ2n) is 2.65. The van der Waals surface area contributed by atoms with Gasteiger partial charge in [-0.2, -0.15) is 5.26 Å². The van der Waals surface area contributed by atoms with Gasteiger partial charge in [0.25, 0.3) is 5.22 Å². The summed E-state index contributed by atoms with van der Waals surface area (Å²) >= 11 is 4.69. The summed E-state index contributed by atoms with van der Waals surface area (Å²) in [7, 11) is 0. The second-order valence-corrected chi connectivity index (χ2v) is 4.56. The Bertz CT molecular complexity index is 505. The fourth-order valence-corrected chi connectivity index (χ4v) is 2.36. The molecule has 0 saturated carbocycles. The zero-order chi connectivity index (χ0) is 10.7. The Morgan fingerprint density at radius 3 is 3.00 bits per heavy atom. The summed E-state index contributed by atoms with van der Waals surface area (Å²) in [4.78, 5) is 4.82. The van der Waals surface area contributed by atoms with Gasteiger partial charge in [-0.25, -0.2) is 4.98 Å². The summed E-state index contributed by atoms with van der Waals surface area (Å²) in [6.45, 7) is 0. The van der Waals surface area contributed by atoms with Crippen LogP contribution in [-0.2, 0) is 0 Å². The maximum absolute atomic E-state index is 8.91. The minimum absolute atomic E-state index is 0.532. The minimum Gasteiger partial charge on any atom is -0.440 e. The number of nitriles is 1. The summed E-state index contributed by atoms with van der Waals surface area (Å²) in [5.74, 6) is 0. The molecule has 0 atom stereocenters. The fourth-order valence-electron chi connectivity index (χ4n) is 1.03. The maximum atomic E-state index is 8.91. The zero-order valence-electron chi connectivity index (χ0n) is 7.48. The molecule has 5 heteroatoms. The molecule has 0 bridgehead atoms. The van der Waals surface area contributed by atoms with Crippen molar-refractivity contribution < 1.29 is 4.42 Å². The molecule has 0 unspecified atom stereocenters. The van der Waals surface area contributed by atoms with E-state index in [0.717, 1.165) is 9.37 Å². The van der Waals surface area contributed by atoms with Crippen LogP contribution in [0.4, 0.5) is 0 Å². The summed E-state index contributed by atoms with van der Waals surface area (Å²) < 4.78 is 6.03. The van der Waals surface area contributed by atoms with Crippen LogP contribution in [0.1, 0.15) is 5.56 Å². The molecule has 0 aliphatic rings. The van der Waals surface area contributed by atoms with Gasteiger partial charge in [-0.05, 0) is 30.0 Å². The van der Waals surface area contributed by atoms with E-state index in [1.807, 2.05) is 12.1 Å². The number of halogens is 1. The second kappa shape index (κ2) is 4.51. The van der Waals surface area contributed by atoms with Gasteiger partial charge in [-0.1, -0.05) is 15.9 Å². The molecule has 0 radical (unpaired) electrons. The summed E-state index contributed by atoms with van der Waals surface area (Å²) in [6, 6.07) is 7.58. The van der Waals surface area contributed by atoms with Gasteiger partial charge in [-0.3, -0.25) is 0 Å². The van der Waals surface area contributed by atoms with Crippen LogP contribution in [0.3, 0.4) is 0 Å². The normalized spacial score (nSPS) is 9.87. The third-order valence-electron chi connectivity index (χ3n) is 1.67. The van der Waals surface area contributed by atoms with E-state index in [2.05, 4.69) is 27.0 Å². The number of nitrogens with zero attached hydrogens (tertiary/aromatic N) is 2. The van der Waals surface area contributed by atoms with Crippen LogP contribution in [0.5, 0.6) is 0 Å². The molecule has 2 rings (SSSR count). The van der Waals surface area contributed by atoms with Crippen molar-refractivity contribution in [3.63, 3.8) is 0 Å². The van der Waals surface area contributed by atoms with Crippen molar-refractivity contribution in [2.24, 2.45) is 0 Å². The summed E-state index contributed by atoms with van der Waals surface area (Å²) in [5.41, 5.74) is 0.612. The van der Waals surface area contributed by atoms with E-state index in [4.69, 9.17) is 9.68 Å². The lowest BCUT2D eigenvalue weighted by atomic mass is 10.2. The average Bonchev–Trinajstić information content (AvgIpc) is 2.71. The van der Waals surface area contributed by atoms with E-state index in [1.165, 1.54) is 18.0 Å². The van der Waals surface area contributed by atoms with Gasteiger partial charge in [0.1, 0.15) is 12.3 Å². The molecule has 1 heterocycles. The first-order valence-corrected chi connectivity index (χ1v) is 5.67. The average molecular weight is 281 g/mol. The molecule has 74 valence electrons. The lowest BCUT2D eigenvalue weighted by molar-refractivity contribution is 0.454. The summed E-state index contributed by atoms with van der Waals surface area (Å²) in [6.07, 6.45) is 3.08. The van der Waals surface area contributed by atoms with E-state index in [-0.39, 0.29) is 0 Å². The van der Waals surface area contributed by atoms with Crippen molar-refractivity contribution in [3.05, 3.63) is 40.7 Å². The molecule has 0 spiro atoms. The SMILES string of the molecule is N#Cc1ccc(Br)cc1Sc1ncco1. The molecular weight excluding hydrogens is 276 g/mol. The van der Waals surface area contributed by atoms with Crippen molar-refractivity contribution >= 4 is 27.7 Å². The quantitative estimate of drug-likeness (QED) is 0.845. The van der Waals surface area contributed by atoms with Crippen molar-refractivity contribution in [3.8, 4) is 6.07 Å². The van der Waals surface area contributed by atoms with Crippen molar-refractivity contribution in [2.45, 2.75) is 10.1 Å². The minimum atomic E-state index is 0.532. The van der Waals surface area contributed by atoms with Crippen LogP contribution < -0.4 is 0 Å². The van der Waals surface area contributed by atoms with Gasteiger partial charge in [-0.15, -0.1) is 0 Å². The van der Waals surface area contributed by atoms with E-state index in [0.29, 0.717) is 10.8 Å². The Morgan fingerprint density at radius 2 is 2.33 bits per heavy atom. The van der Waals surface area contributed by atoms with Gasteiger partial charge in [0, 0.05) is 9.37 Å². The molecule has 0 amide bonds. The molecule has 0 aliphatic carbocycles. The topological polar surface area (TPSA) is 49.8 Å². The molecule has 1 aromatic heterocycles. The van der Waals surface area contributed by atoms with Crippen LogP contribution in [-0.4, -0.2) is 4.98 Å². The molecule has 0 aliphatic heterocycles. The Balaban J connectivity index is 2.35. The molecule has 0 N–H and O–H groups in total. The molecular formula is C10H5BrN2OS. The Hall–Kier alpha value is -1.25. The predicted molar refractivity (Wildman–Crippen MR) is 59.5 cm³/mol. The monoisotopic (exact) mass is 280 g/mol. The Kier molecular flexibility index (Phi) is 3.09. The largest absolute Gasteiger partial charge is 0.440 e. The third kappa shape index (κ3) is 2.41. The number of aromatic nitrogens is 1. The Labute approximate surface area is 99.3 Å². The highest BCUT2D eigenvalue weighted by molar-refractivity contribution is 9.10. The standard InChI is InChI=1S/C10H5BrN2OS/c11-8-2-1-7(6-12)9(5-8)15-10-13-3-4-14-10/h1-5H. The number of hydrogen-bond acceptors (Lipinski definition) is 4. The number of rotatable bonds is 2. The third-order valence-corrected chi connectivity index (χ3v) is 3.10. The molecule has 0 fully saturated rings. The molecule has 2 aromatic rings. The van der Waals surface area contributed by atoms with Crippen LogP contribution in [0.2, 0.25) is 0 Å². The van der Waals surface area contributed by atoms with E-state index in [9.17, 15) is 0 Å². The highest BCUT2D eigenvalue weighted by atomic mass is 79.9. The van der Waals surface area contributed by atoms with Crippen LogP contribution >= 0.6 is 27.7 Å². The molecule has 0 saturated heterocycles. The maximum Gasteiger partial charge on any atom is 0.260 e.